The van der Waals surface area contributed by atoms with E-state index in [1.807, 2.05) is 0 Å². The Balaban J connectivity index is 1.98. The summed E-state index contributed by atoms with van der Waals surface area (Å²) in [5.74, 6) is 3.56. The Labute approximate surface area is 91.6 Å². The first kappa shape index (κ1) is 10.8. The van der Waals surface area contributed by atoms with Crippen LogP contribution in [-0.2, 0) is 0 Å². The number of hydrogen-bond donors (Lipinski definition) is 1. The maximum Gasteiger partial charge on any atom is 0.000425 e. The Bertz CT molecular complexity index is 182. The van der Waals surface area contributed by atoms with Crippen molar-refractivity contribution in [2.24, 2.45) is 17.1 Å². The van der Waals surface area contributed by atoms with Gasteiger partial charge in [0.1, 0.15) is 0 Å². The maximum atomic E-state index is 6.01. The average Bonchev–Trinajstić information content (AvgIpc) is 2.68. The van der Waals surface area contributed by atoms with Gasteiger partial charge in [-0.05, 0) is 63.0 Å². The molecule has 1 unspecified atom stereocenters. The highest BCUT2D eigenvalue weighted by atomic mass is 32.2. The van der Waals surface area contributed by atoms with Crippen LogP contribution in [0.25, 0.3) is 0 Å². The van der Waals surface area contributed by atoms with Gasteiger partial charge in [0, 0.05) is 5.75 Å². The van der Waals surface area contributed by atoms with Gasteiger partial charge >= 0.3 is 0 Å². The van der Waals surface area contributed by atoms with Crippen LogP contribution in [0.15, 0.2) is 0 Å². The lowest BCUT2D eigenvalue weighted by Gasteiger charge is -2.41. The van der Waals surface area contributed by atoms with Crippen molar-refractivity contribution in [3.8, 4) is 0 Å². The van der Waals surface area contributed by atoms with Gasteiger partial charge in [0.05, 0.1) is 0 Å². The van der Waals surface area contributed by atoms with Gasteiger partial charge in [0.2, 0.25) is 0 Å². The zero-order valence-electron chi connectivity index (χ0n) is 9.17. The van der Waals surface area contributed by atoms with Crippen LogP contribution in [0.1, 0.15) is 19.3 Å². The number of nitrogens with two attached hydrogens (primary N) is 1. The molecule has 0 aliphatic carbocycles. The quantitative estimate of drug-likeness (QED) is 0.753. The molecule has 0 spiro atoms. The lowest BCUT2D eigenvalue weighted by molar-refractivity contribution is 0.112. The molecule has 0 aromatic heterocycles. The predicted molar refractivity (Wildman–Crippen MR) is 63.7 cm³/mol. The molecule has 2 rings (SSSR count). The molecule has 0 aromatic carbocycles. The van der Waals surface area contributed by atoms with Crippen LogP contribution in [0.3, 0.4) is 0 Å². The monoisotopic (exact) mass is 214 g/mol. The van der Waals surface area contributed by atoms with Gasteiger partial charge in [-0.3, -0.25) is 0 Å². The van der Waals surface area contributed by atoms with Crippen LogP contribution in [0, 0.1) is 11.3 Å². The Morgan fingerprint density at radius 2 is 2.14 bits per heavy atom. The van der Waals surface area contributed by atoms with Crippen molar-refractivity contribution in [2.45, 2.75) is 19.3 Å². The number of likely N-dealkylation sites (tertiary alicyclic amines) is 1. The van der Waals surface area contributed by atoms with E-state index >= 15 is 0 Å². The van der Waals surface area contributed by atoms with Crippen LogP contribution in [0.4, 0.5) is 0 Å². The zero-order valence-corrected chi connectivity index (χ0v) is 9.98. The first-order valence-electron chi connectivity index (χ1n) is 5.73. The first-order valence-corrected chi connectivity index (χ1v) is 6.89. The maximum absolute atomic E-state index is 6.01. The Morgan fingerprint density at radius 3 is 2.64 bits per heavy atom. The van der Waals surface area contributed by atoms with Crippen molar-refractivity contribution < 1.29 is 0 Å². The fraction of sp³-hybridized carbons (Fsp3) is 1.00. The molecule has 0 aromatic rings. The van der Waals surface area contributed by atoms with Crippen molar-refractivity contribution in [3.63, 3.8) is 0 Å². The lowest BCUT2D eigenvalue weighted by atomic mass is 9.70. The van der Waals surface area contributed by atoms with Crippen molar-refractivity contribution in [3.05, 3.63) is 0 Å². The molecule has 1 atom stereocenters. The second-order valence-electron chi connectivity index (χ2n) is 4.95. The summed E-state index contributed by atoms with van der Waals surface area (Å²) in [4.78, 5) is 2.45. The van der Waals surface area contributed by atoms with Gasteiger partial charge in [-0.2, -0.15) is 11.8 Å². The number of thioether (sulfide) groups is 1. The standard InChI is InChI=1S/C11H22N2S/c1-13-5-2-10(3-6-13)11(8-12)4-7-14-9-11/h10H,2-9,12H2,1H3. The smallest absolute Gasteiger partial charge is 0.000425 e. The second kappa shape index (κ2) is 4.42. The number of hydrogen-bond acceptors (Lipinski definition) is 3. The van der Waals surface area contributed by atoms with Crippen LogP contribution < -0.4 is 5.73 Å². The molecule has 3 heteroatoms. The van der Waals surface area contributed by atoms with E-state index in [1.165, 1.54) is 43.9 Å². The van der Waals surface area contributed by atoms with Gasteiger partial charge in [0.25, 0.3) is 0 Å². The first-order chi connectivity index (χ1) is 6.77. The Kier molecular flexibility index (Phi) is 3.40. The fourth-order valence-electron chi connectivity index (χ4n) is 2.89. The molecule has 2 nitrogen and oxygen atoms in total. The summed E-state index contributed by atoms with van der Waals surface area (Å²) < 4.78 is 0. The molecule has 2 heterocycles. The minimum atomic E-state index is 0.506. The van der Waals surface area contributed by atoms with E-state index < -0.39 is 0 Å². The summed E-state index contributed by atoms with van der Waals surface area (Å²) in [6, 6.07) is 0. The third-order valence-corrected chi connectivity index (χ3v) is 5.40. The summed E-state index contributed by atoms with van der Waals surface area (Å²) >= 11 is 2.11. The van der Waals surface area contributed by atoms with Crippen molar-refractivity contribution in [2.75, 3.05) is 38.2 Å². The minimum Gasteiger partial charge on any atom is -0.330 e. The predicted octanol–water partition coefficient (Wildman–Crippen LogP) is 1.41. The molecule has 2 fully saturated rings. The van der Waals surface area contributed by atoms with Gasteiger partial charge in [-0.25, -0.2) is 0 Å². The summed E-state index contributed by atoms with van der Waals surface area (Å²) in [6.07, 6.45) is 4.10. The average molecular weight is 214 g/mol. The third-order valence-electron chi connectivity index (χ3n) is 4.12. The molecule has 0 radical (unpaired) electrons. The van der Waals surface area contributed by atoms with Crippen molar-refractivity contribution >= 4 is 11.8 Å². The van der Waals surface area contributed by atoms with E-state index in [1.54, 1.807) is 0 Å². The minimum absolute atomic E-state index is 0.506. The van der Waals surface area contributed by atoms with Crippen molar-refractivity contribution in [1.82, 2.24) is 4.90 Å². The van der Waals surface area contributed by atoms with E-state index in [0.29, 0.717) is 5.41 Å². The Morgan fingerprint density at radius 1 is 1.43 bits per heavy atom. The van der Waals surface area contributed by atoms with Crippen molar-refractivity contribution in [1.29, 1.82) is 0 Å². The SMILES string of the molecule is CN1CCC(C2(CN)CCSC2)CC1. The molecule has 0 bridgehead atoms. The molecule has 0 saturated carbocycles. The zero-order chi connectivity index (χ0) is 10.0. The van der Waals surface area contributed by atoms with Crippen LogP contribution >= 0.6 is 11.8 Å². The molecule has 2 aliphatic heterocycles. The third kappa shape index (κ3) is 1.95. The largest absolute Gasteiger partial charge is 0.330 e. The van der Waals surface area contributed by atoms with Gasteiger partial charge < -0.3 is 10.6 Å². The van der Waals surface area contributed by atoms with E-state index in [0.717, 1.165) is 12.5 Å². The summed E-state index contributed by atoms with van der Waals surface area (Å²) in [6.45, 7) is 3.46. The topological polar surface area (TPSA) is 29.3 Å². The molecule has 0 amide bonds. The van der Waals surface area contributed by atoms with E-state index in [2.05, 4.69) is 23.7 Å². The van der Waals surface area contributed by atoms with E-state index in [-0.39, 0.29) is 0 Å². The molecular weight excluding hydrogens is 192 g/mol. The van der Waals surface area contributed by atoms with Crippen LogP contribution in [-0.4, -0.2) is 43.1 Å². The van der Waals surface area contributed by atoms with Crippen LogP contribution in [0.5, 0.6) is 0 Å². The molecule has 82 valence electrons. The fourth-order valence-corrected chi connectivity index (χ4v) is 4.49. The van der Waals surface area contributed by atoms with Gasteiger partial charge in [0.15, 0.2) is 0 Å². The van der Waals surface area contributed by atoms with E-state index in [4.69, 9.17) is 5.73 Å². The van der Waals surface area contributed by atoms with E-state index in [9.17, 15) is 0 Å². The lowest BCUT2D eigenvalue weighted by Crippen LogP contribution is -2.43. The highest BCUT2D eigenvalue weighted by molar-refractivity contribution is 7.99. The summed E-state index contributed by atoms with van der Waals surface area (Å²) in [5.41, 5.74) is 6.51. The molecule has 2 aliphatic rings. The molecular formula is C11H22N2S. The number of rotatable bonds is 2. The summed E-state index contributed by atoms with van der Waals surface area (Å²) in [5, 5.41) is 0. The van der Waals surface area contributed by atoms with Gasteiger partial charge in [-0.1, -0.05) is 0 Å². The van der Waals surface area contributed by atoms with Crippen LogP contribution in [0.2, 0.25) is 0 Å². The number of nitrogens with zero attached hydrogens (tertiary/aromatic N) is 1. The molecule has 2 saturated heterocycles. The normalized spacial score (nSPS) is 36.4. The summed E-state index contributed by atoms with van der Waals surface area (Å²) in [7, 11) is 2.23. The molecule has 2 N–H and O–H groups in total. The Hall–Kier alpha value is 0.270. The van der Waals surface area contributed by atoms with Gasteiger partial charge in [-0.15, -0.1) is 0 Å². The highest BCUT2D eigenvalue weighted by Crippen LogP contribution is 2.45. The molecule has 14 heavy (non-hydrogen) atoms. The number of piperidine rings is 1. The second-order valence-corrected chi connectivity index (χ2v) is 6.05. The highest BCUT2D eigenvalue weighted by Gasteiger charge is 2.41.